The highest BCUT2D eigenvalue weighted by molar-refractivity contribution is 5.97. The number of fused-ring (bicyclic) bond motifs is 1. The molecule has 0 spiro atoms. The van der Waals surface area contributed by atoms with Crippen LogP contribution in [0.15, 0.2) is 12.1 Å². The Labute approximate surface area is 104 Å². The number of nitrogens with zero attached hydrogens (tertiary/aromatic N) is 2. The van der Waals surface area contributed by atoms with Crippen LogP contribution >= 0.6 is 0 Å². The number of H-pyrrole nitrogens is 1. The minimum Gasteiger partial charge on any atom is -0.383 e. The fourth-order valence-corrected chi connectivity index (χ4v) is 1.52. The van der Waals surface area contributed by atoms with E-state index in [-0.39, 0.29) is 6.03 Å². The summed E-state index contributed by atoms with van der Waals surface area (Å²) in [7, 11) is 1.58. The molecular weight excluding hydrogens is 234 g/mol. The molecule has 0 aliphatic carbocycles. The molecule has 0 bridgehead atoms. The highest BCUT2D eigenvalue weighted by Crippen LogP contribution is 2.18. The lowest BCUT2D eigenvalue weighted by atomic mass is 10.3. The monoisotopic (exact) mass is 249 g/mol. The van der Waals surface area contributed by atoms with Crippen molar-refractivity contribution < 1.29 is 9.53 Å². The van der Waals surface area contributed by atoms with Crippen LogP contribution in [0.5, 0.6) is 0 Å². The molecule has 0 unspecified atom stereocenters. The molecule has 0 aliphatic rings. The number of aryl methyl sites for hydroxylation is 1. The highest BCUT2D eigenvalue weighted by Gasteiger charge is 2.09. The van der Waals surface area contributed by atoms with Crippen molar-refractivity contribution in [3.8, 4) is 0 Å². The van der Waals surface area contributed by atoms with Crippen LogP contribution in [0.2, 0.25) is 0 Å². The lowest BCUT2D eigenvalue weighted by Gasteiger charge is -2.04. The van der Waals surface area contributed by atoms with E-state index in [1.54, 1.807) is 7.11 Å². The fraction of sp³-hybridized carbons (Fsp3) is 0.364. The Morgan fingerprint density at radius 1 is 1.50 bits per heavy atom. The van der Waals surface area contributed by atoms with Crippen molar-refractivity contribution in [1.29, 1.82) is 0 Å². The van der Waals surface area contributed by atoms with Gasteiger partial charge in [0.2, 0.25) is 0 Å². The summed E-state index contributed by atoms with van der Waals surface area (Å²) in [6, 6.07) is 3.42. The third-order valence-corrected chi connectivity index (χ3v) is 2.39. The van der Waals surface area contributed by atoms with E-state index >= 15 is 0 Å². The number of methoxy groups -OCH3 is 1. The normalized spacial score (nSPS) is 10.6. The molecule has 0 aliphatic heterocycles. The quantitative estimate of drug-likeness (QED) is 0.706. The Morgan fingerprint density at radius 2 is 2.33 bits per heavy atom. The van der Waals surface area contributed by atoms with Gasteiger partial charge in [0.15, 0.2) is 11.5 Å². The Balaban J connectivity index is 2.05. The molecule has 0 atom stereocenters. The maximum atomic E-state index is 11.5. The maximum absolute atomic E-state index is 11.5. The van der Waals surface area contributed by atoms with Gasteiger partial charge in [0, 0.05) is 19.3 Å². The number of rotatable bonds is 4. The summed E-state index contributed by atoms with van der Waals surface area (Å²) in [4.78, 5) is 15.8. The van der Waals surface area contributed by atoms with E-state index in [0.29, 0.717) is 24.6 Å². The van der Waals surface area contributed by atoms with Crippen molar-refractivity contribution in [3.05, 3.63) is 17.8 Å². The Kier molecular flexibility index (Phi) is 3.73. The largest absolute Gasteiger partial charge is 0.383 e. The van der Waals surface area contributed by atoms with E-state index in [0.717, 1.165) is 11.1 Å². The van der Waals surface area contributed by atoms with Gasteiger partial charge in [0.25, 0.3) is 0 Å². The number of carbonyl (C=O) groups excluding carboxylic acids is 1. The van der Waals surface area contributed by atoms with E-state index in [2.05, 4.69) is 25.8 Å². The Bertz CT molecular complexity index is 551. The molecule has 7 nitrogen and oxygen atoms in total. The van der Waals surface area contributed by atoms with Crippen LogP contribution in [0.1, 0.15) is 5.69 Å². The predicted octanol–water partition coefficient (Wildman–Crippen LogP) is 1.03. The lowest BCUT2D eigenvalue weighted by molar-refractivity contribution is 0.198. The zero-order chi connectivity index (χ0) is 13.0. The van der Waals surface area contributed by atoms with E-state index in [9.17, 15) is 4.79 Å². The van der Waals surface area contributed by atoms with Gasteiger partial charge in [-0.15, -0.1) is 0 Å². The molecule has 2 rings (SSSR count). The van der Waals surface area contributed by atoms with Crippen LogP contribution in [-0.4, -0.2) is 41.5 Å². The Morgan fingerprint density at radius 3 is 3.11 bits per heavy atom. The number of aromatic nitrogens is 3. The maximum Gasteiger partial charge on any atom is 0.320 e. The van der Waals surface area contributed by atoms with Gasteiger partial charge in [-0.3, -0.25) is 10.4 Å². The molecule has 96 valence electrons. The number of amides is 2. The average Bonchev–Trinajstić information content (AvgIpc) is 2.72. The van der Waals surface area contributed by atoms with E-state index < -0.39 is 0 Å². The molecule has 0 aromatic carbocycles. The van der Waals surface area contributed by atoms with Gasteiger partial charge in [-0.25, -0.2) is 9.78 Å². The second-order valence-corrected chi connectivity index (χ2v) is 3.79. The molecule has 7 heteroatoms. The summed E-state index contributed by atoms with van der Waals surface area (Å²) in [6.07, 6.45) is 0. The summed E-state index contributed by atoms with van der Waals surface area (Å²) in [5.74, 6) is 0.465. The number of urea groups is 1. The van der Waals surface area contributed by atoms with Crippen molar-refractivity contribution >= 4 is 22.9 Å². The zero-order valence-electron chi connectivity index (χ0n) is 10.3. The first-order valence-electron chi connectivity index (χ1n) is 5.56. The number of pyridine rings is 1. The first-order valence-corrected chi connectivity index (χ1v) is 5.56. The summed E-state index contributed by atoms with van der Waals surface area (Å²) >= 11 is 0. The summed E-state index contributed by atoms with van der Waals surface area (Å²) < 4.78 is 4.84. The van der Waals surface area contributed by atoms with Gasteiger partial charge in [0.1, 0.15) is 0 Å². The van der Waals surface area contributed by atoms with E-state index in [1.165, 1.54) is 0 Å². The van der Waals surface area contributed by atoms with Crippen LogP contribution in [-0.2, 0) is 4.74 Å². The minimum absolute atomic E-state index is 0.318. The minimum atomic E-state index is -0.318. The first kappa shape index (κ1) is 12.3. The Hall–Kier alpha value is -2.15. The zero-order valence-corrected chi connectivity index (χ0v) is 10.3. The molecule has 0 fully saturated rings. The highest BCUT2D eigenvalue weighted by atomic mass is 16.5. The van der Waals surface area contributed by atoms with Gasteiger partial charge < -0.3 is 10.1 Å². The van der Waals surface area contributed by atoms with Crippen molar-refractivity contribution in [2.45, 2.75) is 6.92 Å². The van der Waals surface area contributed by atoms with Gasteiger partial charge in [0.05, 0.1) is 12.0 Å². The van der Waals surface area contributed by atoms with Crippen LogP contribution in [0.4, 0.5) is 10.6 Å². The number of anilines is 1. The number of nitrogens with one attached hydrogen (secondary N) is 3. The van der Waals surface area contributed by atoms with Gasteiger partial charge in [-0.2, -0.15) is 5.10 Å². The second kappa shape index (κ2) is 5.46. The van der Waals surface area contributed by atoms with E-state index in [1.807, 2.05) is 19.1 Å². The number of hydrogen-bond acceptors (Lipinski definition) is 4. The molecule has 2 aromatic rings. The molecule has 2 heterocycles. The smallest absolute Gasteiger partial charge is 0.320 e. The van der Waals surface area contributed by atoms with Gasteiger partial charge in [-0.1, -0.05) is 0 Å². The topological polar surface area (TPSA) is 91.9 Å². The van der Waals surface area contributed by atoms with Crippen molar-refractivity contribution in [2.75, 3.05) is 25.6 Å². The predicted molar refractivity (Wildman–Crippen MR) is 67.5 cm³/mol. The number of aromatic amines is 1. The molecule has 0 saturated carbocycles. The number of hydrogen-bond donors (Lipinski definition) is 3. The average molecular weight is 249 g/mol. The van der Waals surface area contributed by atoms with Gasteiger partial charge >= 0.3 is 6.03 Å². The molecule has 18 heavy (non-hydrogen) atoms. The van der Waals surface area contributed by atoms with Crippen molar-refractivity contribution in [3.63, 3.8) is 0 Å². The molecule has 2 aromatic heterocycles. The number of ether oxygens (including phenoxy) is 1. The van der Waals surface area contributed by atoms with Crippen LogP contribution in [0.25, 0.3) is 11.0 Å². The van der Waals surface area contributed by atoms with Crippen molar-refractivity contribution in [1.82, 2.24) is 20.5 Å². The SMILES string of the molecule is COCCNC(=O)Nc1n[nH]c2nc(C)ccc12. The third kappa shape index (κ3) is 2.75. The molecular formula is C11H15N5O2. The molecule has 0 radical (unpaired) electrons. The standard InChI is InChI=1S/C11H15N5O2/c1-7-3-4-8-9(13-7)15-16-10(8)14-11(17)12-5-6-18-2/h3-4H,5-6H2,1-2H3,(H3,12,13,14,15,16,17). The van der Waals surface area contributed by atoms with E-state index in [4.69, 9.17) is 4.74 Å². The number of carbonyl (C=O) groups is 1. The summed E-state index contributed by atoms with van der Waals surface area (Å²) in [5, 5.41) is 12.9. The third-order valence-electron chi connectivity index (χ3n) is 2.39. The lowest BCUT2D eigenvalue weighted by Crippen LogP contribution is -2.31. The second-order valence-electron chi connectivity index (χ2n) is 3.79. The summed E-state index contributed by atoms with van der Waals surface area (Å²) in [5.41, 5.74) is 1.55. The molecule has 3 N–H and O–H groups in total. The fourth-order valence-electron chi connectivity index (χ4n) is 1.52. The summed E-state index contributed by atoms with van der Waals surface area (Å²) in [6.45, 7) is 2.81. The van der Waals surface area contributed by atoms with Crippen molar-refractivity contribution in [2.24, 2.45) is 0 Å². The molecule has 0 saturated heterocycles. The van der Waals surface area contributed by atoms with Crippen LogP contribution < -0.4 is 10.6 Å². The van der Waals surface area contributed by atoms with Gasteiger partial charge in [-0.05, 0) is 19.1 Å². The molecule has 2 amide bonds. The van der Waals surface area contributed by atoms with Crippen LogP contribution in [0, 0.1) is 6.92 Å². The van der Waals surface area contributed by atoms with Crippen LogP contribution in [0.3, 0.4) is 0 Å². The first-order chi connectivity index (χ1) is 8.70.